The van der Waals surface area contributed by atoms with Gasteiger partial charge in [-0.2, -0.15) is 5.10 Å². The van der Waals surface area contributed by atoms with Crippen LogP contribution in [0.2, 0.25) is 0 Å². The van der Waals surface area contributed by atoms with Gasteiger partial charge in [-0.25, -0.2) is 0 Å². The molecule has 0 spiro atoms. The first kappa shape index (κ1) is 22.5. The Kier molecular flexibility index (Phi) is 5.75. The zero-order chi connectivity index (χ0) is 24.6. The van der Waals surface area contributed by atoms with Gasteiger partial charge in [-0.3, -0.25) is 14.3 Å². The van der Waals surface area contributed by atoms with Crippen molar-refractivity contribution >= 4 is 17.5 Å². The number of anilines is 1. The van der Waals surface area contributed by atoms with Crippen molar-refractivity contribution in [3.63, 3.8) is 0 Å². The molecule has 9 nitrogen and oxygen atoms in total. The maximum atomic E-state index is 13.3. The van der Waals surface area contributed by atoms with E-state index < -0.39 is 0 Å². The fourth-order valence-corrected chi connectivity index (χ4v) is 5.33. The number of ether oxygens (including phenoxy) is 3. The van der Waals surface area contributed by atoms with Crippen molar-refractivity contribution in [3.05, 3.63) is 54.4 Å². The number of nitrogens with one attached hydrogen (secondary N) is 1. The number of aryl methyl sites for hydroxylation is 1. The first-order chi connectivity index (χ1) is 17.5. The highest BCUT2D eigenvalue weighted by Crippen LogP contribution is 2.37. The van der Waals surface area contributed by atoms with E-state index in [1.54, 1.807) is 29.1 Å². The lowest BCUT2D eigenvalue weighted by atomic mass is 9.80. The van der Waals surface area contributed by atoms with Gasteiger partial charge in [-0.15, -0.1) is 0 Å². The van der Waals surface area contributed by atoms with Gasteiger partial charge < -0.3 is 24.4 Å². The van der Waals surface area contributed by atoms with E-state index in [-0.39, 0.29) is 30.4 Å². The molecule has 0 aliphatic carbocycles. The predicted octanol–water partition coefficient (Wildman–Crippen LogP) is 3.71. The molecule has 4 heterocycles. The summed E-state index contributed by atoms with van der Waals surface area (Å²) in [6.45, 7) is 1.90. The van der Waals surface area contributed by atoms with Crippen LogP contribution in [0.4, 0.5) is 5.69 Å². The van der Waals surface area contributed by atoms with E-state index in [1.807, 2.05) is 36.3 Å². The molecule has 1 aromatic heterocycles. The van der Waals surface area contributed by atoms with Crippen LogP contribution < -0.4 is 19.5 Å². The largest absolute Gasteiger partial charge is 0.491 e. The van der Waals surface area contributed by atoms with E-state index in [1.165, 1.54) is 0 Å². The van der Waals surface area contributed by atoms with Gasteiger partial charge >= 0.3 is 0 Å². The molecule has 2 amide bonds. The third-order valence-electron chi connectivity index (χ3n) is 7.29. The molecule has 2 atom stereocenters. The molecule has 1 fully saturated rings. The SMILES string of the molecule is Cn1cc(-c2ccc3c(c2)OCC[C@H]2CN(C(=O)c4ccc5c(c4)OCO5)CC[C@H]2CC(=O)N3)cn1. The smallest absolute Gasteiger partial charge is 0.254 e. The number of carbonyl (C=O) groups is 2. The molecule has 0 bridgehead atoms. The van der Waals surface area contributed by atoms with E-state index in [2.05, 4.69) is 10.4 Å². The van der Waals surface area contributed by atoms with Crippen LogP contribution in [0.25, 0.3) is 11.1 Å². The monoisotopic (exact) mass is 488 g/mol. The van der Waals surface area contributed by atoms with E-state index in [4.69, 9.17) is 14.2 Å². The number of likely N-dealkylation sites (tertiary alicyclic amines) is 1. The van der Waals surface area contributed by atoms with Crippen molar-refractivity contribution < 1.29 is 23.8 Å². The molecular weight excluding hydrogens is 460 g/mol. The average molecular weight is 489 g/mol. The van der Waals surface area contributed by atoms with Crippen LogP contribution in [0.5, 0.6) is 17.2 Å². The zero-order valence-electron chi connectivity index (χ0n) is 20.1. The van der Waals surface area contributed by atoms with Crippen LogP contribution in [-0.2, 0) is 11.8 Å². The molecule has 3 aliphatic rings. The molecular formula is C27H28N4O5. The Balaban J connectivity index is 1.18. The maximum absolute atomic E-state index is 13.3. The van der Waals surface area contributed by atoms with Gasteiger partial charge in [0, 0.05) is 43.9 Å². The number of aromatic nitrogens is 2. The predicted molar refractivity (Wildman–Crippen MR) is 132 cm³/mol. The highest BCUT2D eigenvalue weighted by molar-refractivity contribution is 5.95. The van der Waals surface area contributed by atoms with Crippen molar-refractivity contribution in [2.75, 3.05) is 31.8 Å². The van der Waals surface area contributed by atoms with Crippen molar-refractivity contribution in [2.24, 2.45) is 18.9 Å². The fraction of sp³-hybridized carbons (Fsp3) is 0.370. The van der Waals surface area contributed by atoms with E-state index in [0.717, 1.165) is 24.0 Å². The molecule has 0 unspecified atom stereocenters. The minimum atomic E-state index is -0.0272. The Morgan fingerprint density at radius 2 is 1.89 bits per heavy atom. The van der Waals surface area contributed by atoms with Crippen molar-refractivity contribution in [1.82, 2.24) is 14.7 Å². The third kappa shape index (κ3) is 4.36. The minimum absolute atomic E-state index is 0.0265. The van der Waals surface area contributed by atoms with Gasteiger partial charge in [0.25, 0.3) is 5.91 Å². The van der Waals surface area contributed by atoms with Gasteiger partial charge in [0.05, 0.1) is 18.5 Å². The summed E-state index contributed by atoms with van der Waals surface area (Å²) in [5.41, 5.74) is 3.23. The molecule has 1 saturated heterocycles. The molecule has 1 N–H and O–H groups in total. The lowest BCUT2D eigenvalue weighted by Crippen LogP contribution is -2.45. The average Bonchev–Trinajstić information content (AvgIpc) is 3.53. The quantitative estimate of drug-likeness (QED) is 0.591. The number of hydrogen-bond donors (Lipinski definition) is 1. The van der Waals surface area contributed by atoms with Gasteiger partial charge in [0.2, 0.25) is 12.7 Å². The summed E-state index contributed by atoms with van der Waals surface area (Å²) in [6, 6.07) is 11.1. The highest BCUT2D eigenvalue weighted by atomic mass is 16.7. The van der Waals surface area contributed by atoms with Crippen molar-refractivity contribution in [3.8, 4) is 28.4 Å². The van der Waals surface area contributed by atoms with Crippen LogP contribution in [0.1, 0.15) is 29.6 Å². The Labute approximate surface area is 208 Å². The molecule has 36 heavy (non-hydrogen) atoms. The van der Waals surface area contributed by atoms with Crippen molar-refractivity contribution in [1.29, 1.82) is 0 Å². The van der Waals surface area contributed by atoms with Crippen LogP contribution in [0.3, 0.4) is 0 Å². The zero-order valence-corrected chi connectivity index (χ0v) is 20.1. The van der Waals surface area contributed by atoms with Gasteiger partial charge in [-0.1, -0.05) is 6.07 Å². The number of benzene rings is 2. The molecule has 2 aromatic carbocycles. The molecule has 0 saturated carbocycles. The number of hydrogen-bond acceptors (Lipinski definition) is 6. The number of fused-ring (bicyclic) bond motifs is 3. The summed E-state index contributed by atoms with van der Waals surface area (Å²) in [4.78, 5) is 28.1. The first-order valence-corrected chi connectivity index (χ1v) is 12.3. The first-order valence-electron chi connectivity index (χ1n) is 12.3. The fourth-order valence-electron chi connectivity index (χ4n) is 5.33. The number of rotatable bonds is 2. The Hall–Kier alpha value is -4.01. The standard InChI is InChI=1S/C27H28N4O5/c1-30-14-21(13-28-30)17-2-4-22-24(10-17)34-9-7-20-15-31(8-6-18(20)12-26(32)29-22)27(33)19-3-5-23-25(11-19)36-16-35-23/h2-5,10-11,13-14,18,20H,6-9,12,15-16H2,1H3,(H,29,32)/t18-,20-/m0/s1. The van der Waals surface area contributed by atoms with E-state index in [9.17, 15) is 9.59 Å². The normalized spacial score (nSPS) is 21.1. The Morgan fingerprint density at radius 3 is 2.75 bits per heavy atom. The summed E-state index contributed by atoms with van der Waals surface area (Å²) >= 11 is 0. The molecule has 9 heteroatoms. The lowest BCUT2D eigenvalue weighted by Gasteiger charge is -2.39. The van der Waals surface area contributed by atoms with Crippen LogP contribution in [0, 0.1) is 11.8 Å². The summed E-state index contributed by atoms with van der Waals surface area (Å²) in [6.07, 6.45) is 5.72. The third-order valence-corrected chi connectivity index (χ3v) is 7.29. The molecule has 3 aromatic rings. The maximum Gasteiger partial charge on any atom is 0.254 e. The molecule has 6 rings (SSSR count). The molecule has 0 radical (unpaired) electrons. The summed E-state index contributed by atoms with van der Waals surface area (Å²) in [5, 5.41) is 7.28. The second kappa shape index (κ2) is 9.22. The second-order valence-electron chi connectivity index (χ2n) is 9.63. The van der Waals surface area contributed by atoms with Crippen LogP contribution in [0.15, 0.2) is 48.8 Å². The Morgan fingerprint density at radius 1 is 1.00 bits per heavy atom. The molecule has 3 aliphatic heterocycles. The van der Waals surface area contributed by atoms with Crippen LogP contribution >= 0.6 is 0 Å². The number of nitrogens with zero attached hydrogens (tertiary/aromatic N) is 3. The molecule has 186 valence electrons. The Bertz CT molecular complexity index is 1320. The summed E-state index contributed by atoms with van der Waals surface area (Å²) in [7, 11) is 1.88. The highest BCUT2D eigenvalue weighted by Gasteiger charge is 2.34. The van der Waals surface area contributed by atoms with Crippen LogP contribution in [-0.4, -0.2) is 53.0 Å². The number of carbonyl (C=O) groups excluding carboxylic acids is 2. The summed E-state index contributed by atoms with van der Waals surface area (Å²) < 4.78 is 18.7. The minimum Gasteiger partial charge on any atom is -0.491 e. The lowest BCUT2D eigenvalue weighted by molar-refractivity contribution is -0.118. The van der Waals surface area contributed by atoms with Crippen molar-refractivity contribution in [2.45, 2.75) is 19.3 Å². The number of amides is 2. The second-order valence-corrected chi connectivity index (χ2v) is 9.63. The van der Waals surface area contributed by atoms with Gasteiger partial charge in [-0.05, 0) is 60.6 Å². The summed E-state index contributed by atoms with van der Waals surface area (Å²) in [5.74, 6) is 2.22. The topological polar surface area (TPSA) is 94.9 Å². The van der Waals surface area contributed by atoms with E-state index in [0.29, 0.717) is 54.6 Å². The van der Waals surface area contributed by atoms with E-state index >= 15 is 0 Å². The van der Waals surface area contributed by atoms with Gasteiger partial charge in [0.15, 0.2) is 11.5 Å². The van der Waals surface area contributed by atoms with Gasteiger partial charge in [0.1, 0.15) is 5.75 Å². The number of piperidine rings is 1.